The van der Waals surface area contributed by atoms with E-state index in [2.05, 4.69) is 34.2 Å². The fourth-order valence-electron chi connectivity index (χ4n) is 2.60. The highest BCUT2D eigenvalue weighted by atomic mass is 35.5. The second-order valence-corrected chi connectivity index (χ2v) is 5.80. The Morgan fingerprint density at radius 1 is 1.53 bits per heavy atom. The summed E-state index contributed by atoms with van der Waals surface area (Å²) in [5.41, 5.74) is 0.0669. The summed E-state index contributed by atoms with van der Waals surface area (Å²) in [4.78, 5) is 8.16. The molecule has 2 unspecified atom stereocenters. The molecule has 0 aromatic carbocycles. The Hall–Kier alpha value is -1.40. The third kappa shape index (κ3) is 1.95. The highest BCUT2D eigenvalue weighted by Gasteiger charge is 2.48. The van der Waals surface area contributed by atoms with Crippen LogP contribution in [0, 0.1) is 5.41 Å². The fourth-order valence-corrected chi connectivity index (χ4v) is 2.77. The maximum absolute atomic E-state index is 6.00. The van der Waals surface area contributed by atoms with Gasteiger partial charge in [-0.15, -0.1) is 0 Å². The van der Waals surface area contributed by atoms with E-state index < -0.39 is 0 Å². The van der Waals surface area contributed by atoms with Gasteiger partial charge in [-0.3, -0.25) is 0 Å². The van der Waals surface area contributed by atoms with E-state index in [0.29, 0.717) is 17.0 Å². The molecule has 1 N–H and O–H groups in total. The number of aromatic nitrogens is 4. The molecule has 1 saturated carbocycles. The predicted molar refractivity (Wildman–Crippen MR) is 72.4 cm³/mol. The minimum absolute atomic E-state index is 0.0669. The van der Waals surface area contributed by atoms with Crippen molar-refractivity contribution in [3.8, 4) is 0 Å². The Morgan fingerprint density at radius 2 is 2.32 bits per heavy atom. The molecular weight excluding hydrogens is 266 g/mol. The van der Waals surface area contributed by atoms with E-state index in [1.807, 2.05) is 0 Å². The molecule has 1 fully saturated rings. The van der Waals surface area contributed by atoms with Crippen LogP contribution < -0.4 is 5.32 Å². The molecule has 2 heterocycles. The molecule has 0 radical (unpaired) electrons. The topological polar surface area (TPSA) is 64.3 Å². The Labute approximate surface area is 116 Å². The van der Waals surface area contributed by atoms with Gasteiger partial charge in [0.05, 0.1) is 6.10 Å². The first kappa shape index (κ1) is 12.6. The zero-order valence-electron chi connectivity index (χ0n) is 11.1. The number of ether oxygens (including phenoxy) is 1. The molecular formula is C12H16ClN5O. The maximum atomic E-state index is 6.00. The van der Waals surface area contributed by atoms with Crippen LogP contribution in [0.15, 0.2) is 12.4 Å². The largest absolute Gasteiger partial charge is 0.381 e. The van der Waals surface area contributed by atoms with Crippen molar-refractivity contribution >= 4 is 23.2 Å². The van der Waals surface area contributed by atoms with Gasteiger partial charge < -0.3 is 10.1 Å². The summed E-state index contributed by atoms with van der Waals surface area (Å²) in [6, 6.07) is 2.07. The maximum Gasteiger partial charge on any atom is 0.255 e. The molecule has 19 heavy (non-hydrogen) atoms. The first-order chi connectivity index (χ1) is 9.02. The molecule has 1 aliphatic carbocycles. The summed E-state index contributed by atoms with van der Waals surface area (Å²) in [7, 11) is 1.75. The highest BCUT2D eigenvalue weighted by molar-refractivity contribution is 6.29. The summed E-state index contributed by atoms with van der Waals surface area (Å²) >= 11 is 6.00. The van der Waals surface area contributed by atoms with Crippen molar-refractivity contribution in [2.45, 2.75) is 32.4 Å². The third-order valence-electron chi connectivity index (χ3n) is 4.00. The molecule has 102 valence electrons. The molecule has 7 heteroatoms. The van der Waals surface area contributed by atoms with Crippen LogP contribution in [0.4, 0.5) is 5.82 Å². The standard InChI is InChI=1S/C12H16ClN5O/c1-12(2)7(4-8(12)19-3)16-10-5-9(13)17-11-14-6-15-18(10)11/h5-8,16H,4H2,1-3H3. The summed E-state index contributed by atoms with van der Waals surface area (Å²) in [6.45, 7) is 4.37. The number of nitrogens with one attached hydrogen (secondary N) is 1. The number of methoxy groups -OCH3 is 1. The molecule has 0 amide bonds. The first-order valence-corrected chi connectivity index (χ1v) is 6.56. The van der Waals surface area contributed by atoms with Crippen molar-refractivity contribution in [2.75, 3.05) is 12.4 Å². The SMILES string of the molecule is COC1CC(Nc2cc(Cl)nc3ncnn23)C1(C)C. The van der Waals surface area contributed by atoms with Crippen molar-refractivity contribution in [1.29, 1.82) is 0 Å². The molecule has 0 aliphatic heterocycles. The van der Waals surface area contributed by atoms with Crippen LogP contribution in [-0.2, 0) is 4.74 Å². The van der Waals surface area contributed by atoms with E-state index in [4.69, 9.17) is 16.3 Å². The zero-order chi connectivity index (χ0) is 13.6. The van der Waals surface area contributed by atoms with Crippen LogP contribution in [0.25, 0.3) is 5.78 Å². The molecule has 2 aromatic rings. The number of anilines is 1. The number of halogens is 1. The highest BCUT2D eigenvalue weighted by Crippen LogP contribution is 2.44. The lowest BCUT2D eigenvalue weighted by atomic mass is 9.64. The molecule has 3 rings (SSSR count). The number of hydrogen-bond donors (Lipinski definition) is 1. The van der Waals surface area contributed by atoms with Crippen molar-refractivity contribution in [3.63, 3.8) is 0 Å². The Balaban J connectivity index is 1.88. The Bertz CT molecular complexity index is 611. The molecule has 6 nitrogen and oxygen atoms in total. The van der Waals surface area contributed by atoms with E-state index in [-0.39, 0.29) is 11.5 Å². The van der Waals surface area contributed by atoms with Gasteiger partial charge in [0.25, 0.3) is 5.78 Å². The van der Waals surface area contributed by atoms with Gasteiger partial charge in [-0.25, -0.2) is 0 Å². The predicted octanol–water partition coefficient (Wildman–Crippen LogP) is 2.00. The van der Waals surface area contributed by atoms with Gasteiger partial charge in [0.1, 0.15) is 17.3 Å². The van der Waals surface area contributed by atoms with Crippen molar-refractivity contribution in [3.05, 3.63) is 17.5 Å². The molecule has 0 bridgehead atoms. The van der Waals surface area contributed by atoms with Crippen LogP contribution in [0.3, 0.4) is 0 Å². The Kier molecular flexibility index (Phi) is 2.87. The average Bonchev–Trinajstić information content (AvgIpc) is 2.81. The summed E-state index contributed by atoms with van der Waals surface area (Å²) < 4.78 is 7.11. The van der Waals surface area contributed by atoms with Crippen molar-refractivity contribution in [1.82, 2.24) is 19.6 Å². The first-order valence-electron chi connectivity index (χ1n) is 6.18. The summed E-state index contributed by atoms with van der Waals surface area (Å²) in [5.74, 6) is 1.30. The number of nitrogens with zero attached hydrogens (tertiary/aromatic N) is 4. The quantitative estimate of drug-likeness (QED) is 0.872. The Morgan fingerprint density at radius 3 is 3.00 bits per heavy atom. The summed E-state index contributed by atoms with van der Waals surface area (Å²) in [6.07, 6.45) is 2.70. The van der Waals surface area contributed by atoms with Gasteiger partial charge in [0, 0.05) is 24.6 Å². The lowest BCUT2D eigenvalue weighted by Crippen LogP contribution is -2.57. The summed E-state index contributed by atoms with van der Waals surface area (Å²) in [5, 5.41) is 8.01. The minimum Gasteiger partial charge on any atom is -0.381 e. The van der Waals surface area contributed by atoms with Crippen molar-refractivity contribution in [2.24, 2.45) is 5.41 Å². The van der Waals surface area contributed by atoms with E-state index >= 15 is 0 Å². The van der Waals surface area contributed by atoms with Gasteiger partial charge in [-0.1, -0.05) is 25.4 Å². The van der Waals surface area contributed by atoms with Crippen LogP contribution in [-0.4, -0.2) is 38.8 Å². The third-order valence-corrected chi connectivity index (χ3v) is 4.20. The van der Waals surface area contributed by atoms with E-state index in [0.717, 1.165) is 12.2 Å². The van der Waals surface area contributed by atoms with Crippen molar-refractivity contribution < 1.29 is 4.74 Å². The van der Waals surface area contributed by atoms with Gasteiger partial charge >= 0.3 is 0 Å². The molecule has 0 saturated heterocycles. The van der Waals surface area contributed by atoms with E-state index in [1.54, 1.807) is 17.7 Å². The average molecular weight is 282 g/mol. The molecule has 2 aromatic heterocycles. The van der Waals surface area contributed by atoms with Gasteiger partial charge in [0.2, 0.25) is 0 Å². The van der Waals surface area contributed by atoms with E-state index in [1.165, 1.54) is 6.33 Å². The van der Waals surface area contributed by atoms with Crippen LogP contribution >= 0.6 is 11.6 Å². The lowest BCUT2D eigenvalue weighted by molar-refractivity contribution is -0.0796. The minimum atomic E-state index is 0.0669. The van der Waals surface area contributed by atoms with E-state index in [9.17, 15) is 0 Å². The van der Waals surface area contributed by atoms with Gasteiger partial charge in [-0.05, 0) is 6.42 Å². The fraction of sp³-hybridized carbons (Fsp3) is 0.583. The number of fused-ring (bicyclic) bond motifs is 1. The second-order valence-electron chi connectivity index (χ2n) is 5.41. The normalized spacial score (nSPS) is 25.3. The molecule has 2 atom stereocenters. The van der Waals surface area contributed by atoms with Crippen LogP contribution in [0.2, 0.25) is 5.15 Å². The van der Waals surface area contributed by atoms with Crippen LogP contribution in [0.5, 0.6) is 0 Å². The molecule has 0 spiro atoms. The lowest BCUT2D eigenvalue weighted by Gasteiger charge is -2.51. The molecule has 1 aliphatic rings. The second kappa shape index (κ2) is 4.31. The monoisotopic (exact) mass is 281 g/mol. The van der Waals surface area contributed by atoms with Gasteiger partial charge in [-0.2, -0.15) is 19.6 Å². The van der Waals surface area contributed by atoms with Gasteiger partial charge in [0.15, 0.2) is 0 Å². The van der Waals surface area contributed by atoms with Crippen LogP contribution in [0.1, 0.15) is 20.3 Å². The number of hydrogen-bond acceptors (Lipinski definition) is 5. The smallest absolute Gasteiger partial charge is 0.255 e. The zero-order valence-corrected chi connectivity index (χ0v) is 11.8. The number of rotatable bonds is 3.